The van der Waals surface area contributed by atoms with Crippen molar-refractivity contribution in [2.45, 2.75) is 32.2 Å². The molecule has 2 aromatic rings. The quantitative estimate of drug-likeness (QED) is 0.819. The highest BCUT2D eigenvalue weighted by molar-refractivity contribution is 5.48. The lowest BCUT2D eigenvalue weighted by Crippen LogP contribution is -2.30. The van der Waals surface area contributed by atoms with E-state index in [1.807, 2.05) is 18.3 Å². The van der Waals surface area contributed by atoms with Crippen molar-refractivity contribution in [3.63, 3.8) is 0 Å². The Morgan fingerprint density at radius 2 is 2.00 bits per heavy atom. The molecule has 5 heteroatoms. The smallest absolute Gasteiger partial charge is 0.231 e. The number of hydrogen-bond acceptors (Lipinski definition) is 5. The van der Waals surface area contributed by atoms with Gasteiger partial charge in [0, 0.05) is 25.8 Å². The Kier molecular flexibility index (Phi) is 5.02. The van der Waals surface area contributed by atoms with Gasteiger partial charge in [-0.05, 0) is 61.6 Å². The van der Waals surface area contributed by atoms with Gasteiger partial charge in [0.2, 0.25) is 6.79 Å². The molecule has 1 aromatic heterocycles. The largest absolute Gasteiger partial charge is 0.454 e. The van der Waals surface area contributed by atoms with Crippen LogP contribution in [-0.4, -0.2) is 31.4 Å². The zero-order valence-corrected chi connectivity index (χ0v) is 14.5. The van der Waals surface area contributed by atoms with Gasteiger partial charge in [0.25, 0.3) is 0 Å². The van der Waals surface area contributed by atoms with E-state index < -0.39 is 0 Å². The van der Waals surface area contributed by atoms with E-state index in [9.17, 15) is 0 Å². The normalized spacial score (nSPS) is 16.2. The summed E-state index contributed by atoms with van der Waals surface area (Å²) in [6.45, 7) is 4.35. The van der Waals surface area contributed by atoms with Gasteiger partial charge in [-0.3, -0.25) is 0 Å². The fourth-order valence-corrected chi connectivity index (χ4v) is 3.51. The van der Waals surface area contributed by atoms with Gasteiger partial charge < -0.3 is 19.7 Å². The van der Waals surface area contributed by atoms with Crippen molar-refractivity contribution < 1.29 is 9.47 Å². The van der Waals surface area contributed by atoms with Gasteiger partial charge in [-0.15, -0.1) is 0 Å². The summed E-state index contributed by atoms with van der Waals surface area (Å²) in [5.41, 5.74) is 2.49. The predicted molar refractivity (Wildman–Crippen MR) is 98.3 cm³/mol. The number of nitrogens with one attached hydrogen (secondary N) is 1. The van der Waals surface area contributed by atoms with Crippen LogP contribution in [0.5, 0.6) is 11.5 Å². The molecule has 1 aromatic carbocycles. The molecule has 5 nitrogen and oxygen atoms in total. The molecule has 0 saturated carbocycles. The molecule has 1 N–H and O–H groups in total. The molecule has 132 valence electrons. The van der Waals surface area contributed by atoms with E-state index in [-0.39, 0.29) is 0 Å². The standard InChI is InChI=1S/C20H25N3O2/c1-2-11-23(12-3-1)19-13-16(7-10-22-19)14-21-9-8-17-5-4-6-18-20(17)25-15-24-18/h4-7,10,13,21H,1-3,8-9,11-12,14-15H2. The average molecular weight is 339 g/mol. The molecule has 0 radical (unpaired) electrons. The lowest BCUT2D eigenvalue weighted by Gasteiger charge is -2.27. The number of ether oxygens (including phenoxy) is 2. The first-order valence-electron chi connectivity index (χ1n) is 9.18. The summed E-state index contributed by atoms with van der Waals surface area (Å²) in [5, 5.41) is 3.53. The van der Waals surface area contributed by atoms with Crippen molar-refractivity contribution in [3.8, 4) is 11.5 Å². The maximum atomic E-state index is 5.56. The van der Waals surface area contributed by atoms with Crippen LogP contribution in [-0.2, 0) is 13.0 Å². The fourth-order valence-electron chi connectivity index (χ4n) is 3.51. The molecule has 0 spiro atoms. The van der Waals surface area contributed by atoms with E-state index in [0.717, 1.165) is 49.9 Å². The van der Waals surface area contributed by atoms with E-state index >= 15 is 0 Å². The molecule has 0 aliphatic carbocycles. The van der Waals surface area contributed by atoms with Gasteiger partial charge in [0.05, 0.1) is 0 Å². The van der Waals surface area contributed by atoms with Gasteiger partial charge >= 0.3 is 0 Å². The van der Waals surface area contributed by atoms with Crippen LogP contribution in [0.25, 0.3) is 0 Å². The van der Waals surface area contributed by atoms with Crippen LogP contribution in [0.4, 0.5) is 5.82 Å². The van der Waals surface area contributed by atoms with Crippen molar-refractivity contribution >= 4 is 5.82 Å². The molecule has 25 heavy (non-hydrogen) atoms. The van der Waals surface area contributed by atoms with Crippen LogP contribution in [0.1, 0.15) is 30.4 Å². The second-order valence-electron chi connectivity index (χ2n) is 6.65. The van der Waals surface area contributed by atoms with E-state index in [2.05, 4.69) is 33.4 Å². The van der Waals surface area contributed by atoms with Crippen LogP contribution in [0.2, 0.25) is 0 Å². The third kappa shape index (κ3) is 3.87. The molecule has 0 atom stereocenters. The Morgan fingerprint density at radius 1 is 1.08 bits per heavy atom. The Morgan fingerprint density at radius 3 is 2.92 bits per heavy atom. The number of para-hydroxylation sites is 1. The number of benzene rings is 1. The molecule has 4 rings (SSSR count). The average Bonchev–Trinajstić information content (AvgIpc) is 3.16. The van der Waals surface area contributed by atoms with Crippen molar-refractivity contribution in [3.05, 3.63) is 47.7 Å². The molecular formula is C20H25N3O2. The van der Waals surface area contributed by atoms with E-state index in [4.69, 9.17) is 9.47 Å². The Labute approximate surface area is 149 Å². The van der Waals surface area contributed by atoms with Gasteiger partial charge in [0.1, 0.15) is 5.82 Å². The minimum atomic E-state index is 0.329. The maximum Gasteiger partial charge on any atom is 0.231 e. The van der Waals surface area contributed by atoms with Crippen molar-refractivity contribution in [2.75, 3.05) is 31.3 Å². The molecule has 1 fully saturated rings. The molecule has 2 aliphatic heterocycles. The topological polar surface area (TPSA) is 46.6 Å². The highest BCUT2D eigenvalue weighted by atomic mass is 16.7. The summed E-state index contributed by atoms with van der Waals surface area (Å²) >= 11 is 0. The lowest BCUT2D eigenvalue weighted by atomic mass is 10.1. The summed E-state index contributed by atoms with van der Waals surface area (Å²) in [6.07, 6.45) is 6.75. The lowest BCUT2D eigenvalue weighted by molar-refractivity contribution is 0.173. The first-order chi connectivity index (χ1) is 12.4. The highest BCUT2D eigenvalue weighted by Gasteiger charge is 2.16. The van der Waals surface area contributed by atoms with Crippen LogP contribution < -0.4 is 19.7 Å². The molecular weight excluding hydrogens is 314 g/mol. The van der Waals surface area contributed by atoms with Gasteiger partial charge in [-0.2, -0.15) is 0 Å². The number of anilines is 1. The summed E-state index contributed by atoms with van der Waals surface area (Å²) in [6, 6.07) is 10.4. The third-order valence-corrected chi connectivity index (χ3v) is 4.87. The van der Waals surface area contributed by atoms with Crippen molar-refractivity contribution in [2.24, 2.45) is 0 Å². The Hall–Kier alpha value is -2.27. The van der Waals surface area contributed by atoms with E-state index in [0.29, 0.717) is 6.79 Å². The summed E-state index contributed by atoms with van der Waals surface area (Å²) in [5.74, 6) is 2.88. The van der Waals surface area contributed by atoms with Crippen LogP contribution in [0.3, 0.4) is 0 Å². The molecule has 0 unspecified atom stereocenters. The first-order valence-corrected chi connectivity index (χ1v) is 9.18. The van der Waals surface area contributed by atoms with Crippen LogP contribution in [0, 0.1) is 0 Å². The van der Waals surface area contributed by atoms with Gasteiger partial charge in [0.15, 0.2) is 11.5 Å². The molecule has 1 saturated heterocycles. The highest BCUT2D eigenvalue weighted by Crippen LogP contribution is 2.35. The summed E-state index contributed by atoms with van der Waals surface area (Å²) < 4.78 is 11.0. The zero-order valence-electron chi connectivity index (χ0n) is 14.5. The monoisotopic (exact) mass is 339 g/mol. The van der Waals surface area contributed by atoms with Crippen molar-refractivity contribution in [1.82, 2.24) is 10.3 Å². The zero-order chi connectivity index (χ0) is 16.9. The van der Waals surface area contributed by atoms with E-state index in [1.165, 1.54) is 30.4 Å². The van der Waals surface area contributed by atoms with Crippen LogP contribution >= 0.6 is 0 Å². The molecule has 3 heterocycles. The van der Waals surface area contributed by atoms with Gasteiger partial charge in [-0.25, -0.2) is 4.98 Å². The number of rotatable bonds is 6. The Balaban J connectivity index is 1.30. The van der Waals surface area contributed by atoms with Crippen molar-refractivity contribution in [1.29, 1.82) is 0 Å². The summed E-state index contributed by atoms with van der Waals surface area (Å²) in [7, 11) is 0. The second-order valence-corrected chi connectivity index (χ2v) is 6.65. The van der Waals surface area contributed by atoms with E-state index in [1.54, 1.807) is 0 Å². The number of pyridine rings is 1. The molecule has 0 amide bonds. The molecule has 0 bridgehead atoms. The van der Waals surface area contributed by atoms with Crippen LogP contribution in [0.15, 0.2) is 36.5 Å². The third-order valence-electron chi connectivity index (χ3n) is 4.87. The SMILES string of the molecule is c1cc(CCNCc2ccnc(N3CCCCC3)c2)c2c(c1)OCO2. The van der Waals surface area contributed by atoms with Gasteiger partial charge in [-0.1, -0.05) is 12.1 Å². The molecule has 2 aliphatic rings. The first kappa shape index (κ1) is 16.2. The number of aromatic nitrogens is 1. The number of hydrogen-bond donors (Lipinski definition) is 1. The number of nitrogens with zero attached hydrogens (tertiary/aromatic N) is 2. The number of fused-ring (bicyclic) bond motifs is 1. The maximum absolute atomic E-state index is 5.56. The minimum absolute atomic E-state index is 0.329. The number of piperidine rings is 1. The fraction of sp³-hybridized carbons (Fsp3) is 0.450. The second kappa shape index (κ2) is 7.74. The Bertz CT molecular complexity index is 714. The minimum Gasteiger partial charge on any atom is -0.454 e. The predicted octanol–water partition coefficient (Wildman–Crippen LogP) is 3.13. The summed E-state index contributed by atoms with van der Waals surface area (Å²) in [4.78, 5) is 6.95.